The van der Waals surface area contributed by atoms with Gasteiger partial charge in [-0.1, -0.05) is 0 Å². The van der Waals surface area contributed by atoms with Crippen LogP contribution in [0.1, 0.15) is 5.69 Å². The van der Waals surface area contributed by atoms with Gasteiger partial charge in [-0.2, -0.15) is 4.98 Å². The van der Waals surface area contributed by atoms with Crippen LogP contribution < -0.4 is 15.9 Å². The van der Waals surface area contributed by atoms with Gasteiger partial charge < -0.3 is 15.1 Å². The highest BCUT2D eigenvalue weighted by molar-refractivity contribution is 14.1. The van der Waals surface area contributed by atoms with E-state index in [0.717, 1.165) is 6.54 Å². The molecule has 2 aromatic heterocycles. The first-order chi connectivity index (χ1) is 11.4. The lowest BCUT2D eigenvalue weighted by molar-refractivity contribution is -0.118. The number of fused-ring (bicyclic) bond motifs is 2. The molecular weight excluding hydrogens is 430 g/mol. The van der Waals surface area contributed by atoms with Gasteiger partial charge >= 0.3 is 5.69 Å². The van der Waals surface area contributed by atoms with Gasteiger partial charge in [0, 0.05) is 19.6 Å². The highest BCUT2D eigenvalue weighted by atomic mass is 127. The first kappa shape index (κ1) is 15.7. The van der Waals surface area contributed by atoms with E-state index in [1.165, 1.54) is 9.70 Å². The van der Waals surface area contributed by atoms with E-state index < -0.39 is 17.5 Å². The fourth-order valence-corrected chi connectivity index (χ4v) is 3.69. The molecule has 0 saturated carbocycles. The third kappa shape index (κ3) is 2.12. The zero-order valence-electron chi connectivity index (χ0n) is 13.0. The molecule has 1 N–H and O–H groups in total. The summed E-state index contributed by atoms with van der Waals surface area (Å²) < 4.78 is 15.9. The average molecular weight is 444 g/mol. The van der Waals surface area contributed by atoms with Crippen LogP contribution in [-0.4, -0.2) is 56.3 Å². The van der Waals surface area contributed by atoms with Gasteiger partial charge in [0.15, 0.2) is 11.5 Å². The Bertz CT molecular complexity index is 945. The van der Waals surface area contributed by atoms with Crippen molar-refractivity contribution in [2.75, 3.05) is 36.9 Å². The number of aryl methyl sites for hydroxylation is 1. The number of hydrogen-bond donors (Lipinski definition) is 1. The average Bonchev–Trinajstić information content (AvgIpc) is 2.66. The minimum absolute atomic E-state index is 0.0486. The molecule has 1 amide bonds. The van der Waals surface area contributed by atoms with Gasteiger partial charge in [0.2, 0.25) is 5.91 Å². The molecule has 2 aliphatic rings. The Kier molecular flexibility index (Phi) is 3.49. The Balaban J connectivity index is 2.10. The van der Waals surface area contributed by atoms with Crippen LogP contribution in [0.5, 0.6) is 0 Å². The number of nitrogens with zero attached hydrogens (tertiary/aromatic N) is 5. The lowest BCUT2D eigenvalue weighted by atomic mass is 10.1. The molecular formula is C14H14FIN6O2. The van der Waals surface area contributed by atoms with Crippen LogP contribution in [0.15, 0.2) is 4.79 Å². The highest BCUT2D eigenvalue weighted by Gasteiger charge is 2.38. The smallest absolute Gasteiger partial charge is 0.341 e. The number of anilines is 2. The van der Waals surface area contributed by atoms with Gasteiger partial charge in [0.1, 0.15) is 11.9 Å². The van der Waals surface area contributed by atoms with Crippen LogP contribution >= 0.6 is 22.9 Å². The maximum atomic E-state index is 14.7. The zero-order chi connectivity index (χ0) is 17.2. The summed E-state index contributed by atoms with van der Waals surface area (Å²) in [5.74, 6) is -0.583. The van der Waals surface area contributed by atoms with Crippen LogP contribution in [-0.2, 0) is 4.79 Å². The Morgan fingerprint density at radius 1 is 1.29 bits per heavy atom. The van der Waals surface area contributed by atoms with Crippen molar-refractivity contribution in [1.82, 2.24) is 17.6 Å². The summed E-state index contributed by atoms with van der Waals surface area (Å²) in [4.78, 5) is 37.0. The number of nitrogens with one attached hydrogen (secondary N) is 1. The molecule has 1 atom stereocenters. The van der Waals surface area contributed by atoms with Gasteiger partial charge in [-0.15, -0.1) is 0 Å². The molecule has 4 heterocycles. The minimum atomic E-state index is -0.595. The van der Waals surface area contributed by atoms with E-state index in [9.17, 15) is 14.0 Å². The number of halogens is 2. The lowest BCUT2D eigenvalue weighted by Gasteiger charge is -2.38. The third-order valence-corrected chi connectivity index (χ3v) is 5.34. The Morgan fingerprint density at radius 3 is 2.79 bits per heavy atom. The van der Waals surface area contributed by atoms with E-state index in [2.05, 4.69) is 15.3 Å². The summed E-state index contributed by atoms with van der Waals surface area (Å²) >= 11 is 1.79. The molecule has 8 nitrogen and oxygen atoms in total. The van der Waals surface area contributed by atoms with Gasteiger partial charge in [-0.25, -0.2) is 16.9 Å². The van der Waals surface area contributed by atoms with E-state index in [4.69, 9.17) is 0 Å². The fraction of sp³-hybridized carbons (Fsp3) is 0.429. The molecule has 24 heavy (non-hydrogen) atoms. The van der Waals surface area contributed by atoms with Crippen LogP contribution in [0.2, 0.25) is 0 Å². The summed E-state index contributed by atoms with van der Waals surface area (Å²) in [7, 11) is 1.92. The number of rotatable bonds is 0. The number of amides is 1. The summed E-state index contributed by atoms with van der Waals surface area (Å²) in [6, 6.07) is -0.531. The molecule has 0 bridgehead atoms. The van der Waals surface area contributed by atoms with Gasteiger partial charge in [0.05, 0.1) is 39.6 Å². The number of hydrogen-bond acceptors (Lipinski definition) is 6. The number of likely N-dealkylation sites (N-methyl/N-ethyl adjacent to an activating group) is 1. The van der Waals surface area contributed by atoms with E-state index in [-0.39, 0.29) is 17.3 Å². The van der Waals surface area contributed by atoms with Crippen LogP contribution in [0.4, 0.5) is 15.9 Å². The molecule has 10 heteroatoms. The minimum Gasteiger partial charge on any atom is -0.341 e. The number of piperazine rings is 1. The van der Waals surface area contributed by atoms with Crippen molar-refractivity contribution in [3.63, 3.8) is 0 Å². The molecule has 0 spiro atoms. The van der Waals surface area contributed by atoms with Crippen molar-refractivity contribution < 1.29 is 9.18 Å². The molecule has 2 aromatic rings. The third-order valence-electron chi connectivity index (χ3n) is 4.47. The van der Waals surface area contributed by atoms with Crippen molar-refractivity contribution in [2.24, 2.45) is 0 Å². The summed E-state index contributed by atoms with van der Waals surface area (Å²) in [5.41, 5.74) is -0.0156. The van der Waals surface area contributed by atoms with E-state index in [0.29, 0.717) is 29.9 Å². The molecule has 0 radical (unpaired) electrons. The van der Waals surface area contributed by atoms with Crippen molar-refractivity contribution in [3.05, 3.63) is 22.0 Å². The molecule has 126 valence electrons. The molecule has 2 aliphatic heterocycles. The molecule has 0 aliphatic carbocycles. The Labute approximate surface area is 150 Å². The second kappa shape index (κ2) is 5.34. The normalized spacial score (nSPS) is 20.8. The Hall–Kier alpha value is -1.82. The summed E-state index contributed by atoms with van der Waals surface area (Å²) in [5, 5.41) is 3.05. The lowest BCUT2D eigenvalue weighted by Crippen LogP contribution is -2.56. The van der Waals surface area contributed by atoms with Crippen molar-refractivity contribution in [1.29, 1.82) is 0 Å². The summed E-state index contributed by atoms with van der Waals surface area (Å²) in [6.07, 6.45) is 0. The topological polar surface area (TPSA) is 83.4 Å². The number of aromatic nitrogens is 3. The van der Waals surface area contributed by atoms with Gasteiger partial charge in [-0.3, -0.25) is 4.79 Å². The second-order valence-electron chi connectivity index (χ2n) is 6.04. The maximum Gasteiger partial charge on any atom is 0.360 e. The highest BCUT2D eigenvalue weighted by Crippen LogP contribution is 2.37. The van der Waals surface area contributed by atoms with E-state index in [1.807, 2.05) is 11.9 Å². The van der Waals surface area contributed by atoms with Crippen LogP contribution in [0.3, 0.4) is 0 Å². The molecule has 1 unspecified atom stereocenters. The van der Waals surface area contributed by atoms with Gasteiger partial charge in [0.25, 0.3) is 0 Å². The molecule has 4 rings (SSSR count). The van der Waals surface area contributed by atoms with Crippen molar-refractivity contribution >= 4 is 51.3 Å². The summed E-state index contributed by atoms with van der Waals surface area (Å²) in [6.45, 7) is 3.22. The number of carbonyl (C=O) groups is 1. The SMILES string of the molecule is Cc1nc2c3c(nc(=O)n2I)N2CCN(C)CC2C(=O)Nc3c1F. The fourth-order valence-electron chi connectivity index (χ4n) is 3.23. The maximum absolute atomic E-state index is 14.7. The van der Waals surface area contributed by atoms with Crippen molar-refractivity contribution in [3.8, 4) is 0 Å². The monoisotopic (exact) mass is 444 g/mol. The van der Waals surface area contributed by atoms with Crippen LogP contribution in [0, 0.1) is 12.7 Å². The molecule has 1 fully saturated rings. The van der Waals surface area contributed by atoms with Gasteiger partial charge in [-0.05, 0) is 14.0 Å². The number of carbonyl (C=O) groups excluding carboxylic acids is 1. The van der Waals surface area contributed by atoms with Crippen molar-refractivity contribution in [2.45, 2.75) is 13.0 Å². The van der Waals surface area contributed by atoms with E-state index in [1.54, 1.807) is 27.8 Å². The predicted molar refractivity (Wildman–Crippen MR) is 95.2 cm³/mol. The molecule has 0 aromatic carbocycles. The van der Waals surface area contributed by atoms with Crippen LogP contribution in [0.25, 0.3) is 11.0 Å². The molecule has 1 saturated heterocycles. The zero-order valence-corrected chi connectivity index (χ0v) is 15.2. The predicted octanol–water partition coefficient (Wildman–Crippen LogP) is 0.510. The first-order valence-electron chi connectivity index (χ1n) is 7.43. The second-order valence-corrected chi connectivity index (χ2v) is 7.01. The standard InChI is InChI=1S/C14H14FIN6O2/c1-6-9(15)10-8-11(19-14(24)22(16)12(8)17-6)21-4-3-20(2)5-7(21)13(23)18-10/h7H,3-5H2,1-2H3,(H,18,23). The van der Waals surface area contributed by atoms with E-state index >= 15 is 0 Å². The number of pyridine rings is 1. The largest absolute Gasteiger partial charge is 0.360 e. The first-order valence-corrected chi connectivity index (χ1v) is 8.40. The quantitative estimate of drug-likeness (QED) is 0.597. The Morgan fingerprint density at radius 2 is 2.04 bits per heavy atom.